The van der Waals surface area contributed by atoms with Gasteiger partial charge in [0.05, 0.1) is 0 Å². The van der Waals surface area contributed by atoms with Gasteiger partial charge >= 0.3 is 0 Å². The van der Waals surface area contributed by atoms with E-state index in [1.807, 2.05) is 0 Å². The molecule has 0 aromatic heterocycles. The molecule has 210 valence electrons. The average Bonchev–Trinajstić information content (AvgIpc) is 2.96. The first-order valence-corrected chi connectivity index (χ1v) is 14.0. The number of anilines is 4. The van der Waals surface area contributed by atoms with E-state index >= 15 is 0 Å². The standard InChI is InChI=1S/C36H46N4/c1-35(27-11-19-31(20-12-27)37(3)4,28-13-21-32(22-14-28)38(5)6)36(2,29-15-23-33(24-16-29)39(7)8)30-17-25-34(26-18-30)40(9)10/h11-26H,1-10H3. The molecule has 0 aliphatic carbocycles. The highest BCUT2D eigenvalue weighted by atomic mass is 15.1. The molecule has 4 rings (SSSR count). The van der Waals surface area contributed by atoms with Crippen LogP contribution in [-0.2, 0) is 10.8 Å². The van der Waals surface area contributed by atoms with E-state index in [9.17, 15) is 0 Å². The number of hydrogen-bond acceptors (Lipinski definition) is 4. The minimum absolute atomic E-state index is 0.387. The molecular weight excluding hydrogens is 488 g/mol. The molecular formula is C36H46N4. The van der Waals surface area contributed by atoms with Crippen LogP contribution < -0.4 is 19.6 Å². The van der Waals surface area contributed by atoms with Crippen LogP contribution in [0.5, 0.6) is 0 Å². The normalized spacial score (nSPS) is 11.8. The third kappa shape index (κ3) is 5.15. The predicted octanol–water partition coefficient (Wildman–Crippen LogP) is 7.26. The molecule has 0 unspecified atom stereocenters. The van der Waals surface area contributed by atoms with Crippen molar-refractivity contribution in [2.45, 2.75) is 24.7 Å². The van der Waals surface area contributed by atoms with Crippen molar-refractivity contribution in [3.8, 4) is 0 Å². The first-order valence-electron chi connectivity index (χ1n) is 14.0. The van der Waals surface area contributed by atoms with Gasteiger partial charge in [0.15, 0.2) is 0 Å². The van der Waals surface area contributed by atoms with E-state index in [0.717, 1.165) is 0 Å². The zero-order valence-corrected chi connectivity index (χ0v) is 26.0. The van der Waals surface area contributed by atoms with Gasteiger partial charge in [-0.1, -0.05) is 62.4 Å². The van der Waals surface area contributed by atoms with Crippen LogP contribution in [0.2, 0.25) is 0 Å². The van der Waals surface area contributed by atoms with E-state index in [2.05, 4.69) is 187 Å². The maximum atomic E-state index is 2.42. The SMILES string of the molecule is CN(C)c1ccc(C(C)(c2ccc(N(C)C)cc2)C(C)(c2ccc(N(C)C)cc2)c2ccc(N(C)C)cc2)cc1. The molecule has 0 atom stereocenters. The molecule has 0 radical (unpaired) electrons. The minimum atomic E-state index is -0.387. The minimum Gasteiger partial charge on any atom is -0.378 e. The summed E-state index contributed by atoms with van der Waals surface area (Å²) in [6, 6.07) is 36.5. The molecule has 40 heavy (non-hydrogen) atoms. The highest BCUT2D eigenvalue weighted by Gasteiger charge is 2.49. The maximum Gasteiger partial charge on any atom is 0.0361 e. The Hall–Kier alpha value is -3.92. The van der Waals surface area contributed by atoms with Gasteiger partial charge in [0.2, 0.25) is 0 Å². The molecule has 4 aromatic carbocycles. The monoisotopic (exact) mass is 534 g/mol. The Morgan fingerprint density at radius 1 is 0.300 bits per heavy atom. The van der Waals surface area contributed by atoms with E-state index < -0.39 is 0 Å². The molecule has 0 spiro atoms. The van der Waals surface area contributed by atoms with Crippen molar-refractivity contribution in [3.05, 3.63) is 119 Å². The van der Waals surface area contributed by atoms with Crippen LogP contribution in [0.25, 0.3) is 0 Å². The van der Waals surface area contributed by atoms with E-state index in [4.69, 9.17) is 0 Å². The lowest BCUT2D eigenvalue weighted by atomic mass is 9.53. The lowest BCUT2D eigenvalue weighted by Crippen LogP contribution is -2.47. The van der Waals surface area contributed by atoms with Crippen molar-refractivity contribution >= 4 is 22.7 Å². The van der Waals surface area contributed by atoms with Crippen LogP contribution in [0.1, 0.15) is 36.1 Å². The third-order valence-corrected chi connectivity index (χ3v) is 8.84. The summed E-state index contributed by atoms with van der Waals surface area (Å²) in [6.07, 6.45) is 0. The molecule has 0 saturated carbocycles. The highest BCUT2D eigenvalue weighted by molar-refractivity contribution is 5.61. The number of hydrogen-bond donors (Lipinski definition) is 0. The second-order valence-corrected chi connectivity index (χ2v) is 12.0. The molecule has 0 aliphatic rings. The van der Waals surface area contributed by atoms with Crippen LogP contribution in [0.3, 0.4) is 0 Å². The Labute approximate surface area is 242 Å². The summed E-state index contributed by atoms with van der Waals surface area (Å²) in [5.41, 5.74) is 9.14. The fourth-order valence-corrected chi connectivity index (χ4v) is 5.86. The lowest BCUT2D eigenvalue weighted by Gasteiger charge is -2.49. The Morgan fingerprint density at radius 3 is 0.575 bits per heavy atom. The van der Waals surface area contributed by atoms with Crippen molar-refractivity contribution in [2.75, 3.05) is 76.0 Å². The smallest absolute Gasteiger partial charge is 0.0361 e. The van der Waals surface area contributed by atoms with E-state index in [-0.39, 0.29) is 10.8 Å². The molecule has 0 amide bonds. The molecule has 4 heteroatoms. The first-order chi connectivity index (χ1) is 18.9. The van der Waals surface area contributed by atoms with Crippen LogP contribution in [0.4, 0.5) is 22.7 Å². The summed E-state index contributed by atoms with van der Waals surface area (Å²) in [4.78, 5) is 8.64. The van der Waals surface area contributed by atoms with Crippen molar-refractivity contribution < 1.29 is 0 Å². The Balaban J connectivity index is 2.05. The molecule has 0 bridgehead atoms. The van der Waals surface area contributed by atoms with Gasteiger partial charge in [-0.15, -0.1) is 0 Å². The van der Waals surface area contributed by atoms with Crippen molar-refractivity contribution in [1.29, 1.82) is 0 Å². The Kier molecular flexibility index (Phi) is 8.20. The topological polar surface area (TPSA) is 13.0 Å². The van der Waals surface area contributed by atoms with Crippen molar-refractivity contribution in [2.24, 2.45) is 0 Å². The Morgan fingerprint density at radius 2 is 0.450 bits per heavy atom. The zero-order chi connectivity index (χ0) is 29.2. The fourth-order valence-electron chi connectivity index (χ4n) is 5.86. The zero-order valence-electron chi connectivity index (χ0n) is 26.0. The molecule has 0 N–H and O–H groups in total. The highest BCUT2D eigenvalue weighted by Crippen LogP contribution is 2.53. The van der Waals surface area contributed by atoms with Gasteiger partial charge in [0.1, 0.15) is 0 Å². The van der Waals surface area contributed by atoms with Gasteiger partial charge in [0, 0.05) is 90.0 Å². The first kappa shape index (κ1) is 29.1. The second kappa shape index (κ2) is 11.3. The van der Waals surface area contributed by atoms with Crippen LogP contribution in [-0.4, -0.2) is 56.4 Å². The van der Waals surface area contributed by atoms with Crippen LogP contribution in [0.15, 0.2) is 97.1 Å². The molecule has 4 nitrogen and oxygen atoms in total. The van der Waals surface area contributed by atoms with Gasteiger partial charge in [-0.05, 0) is 70.8 Å². The van der Waals surface area contributed by atoms with E-state index in [1.54, 1.807) is 0 Å². The summed E-state index contributed by atoms with van der Waals surface area (Å²) in [6.45, 7) is 4.84. The van der Waals surface area contributed by atoms with Gasteiger partial charge < -0.3 is 19.6 Å². The summed E-state index contributed by atoms with van der Waals surface area (Å²) >= 11 is 0. The molecule has 0 fully saturated rings. The van der Waals surface area contributed by atoms with Crippen LogP contribution >= 0.6 is 0 Å². The van der Waals surface area contributed by atoms with Crippen molar-refractivity contribution in [1.82, 2.24) is 0 Å². The quantitative estimate of drug-likeness (QED) is 0.224. The summed E-state index contributed by atoms with van der Waals surface area (Å²) in [5.74, 6) is 0. The maximum absolute atomic E-state index is 2.42. The van der Waals surface area contributed by atoms with Gasteiger partial charge in [-0.25, -0.2) is 0 Å². The third-order valence-electron chi connectivity index (χ3n) is 8.84. The average molecular weight is 535 g/mol. The second-order valence-electron chi connectivity index (χ2n) is 12.0. The predicted molar refractivity (Wildman–Crippen MR) is 176 cm³/mol. The van der Waals surface area contributed by atoms with E-state index in [0.29, 0.717) is 0 Å². The van der Waals surface area contributed by atoms with Crippen molar-refractivity contribution in [3.63, 3.8) is 0 Å². The van der Waals surface area contributed by atoms with E-state index in [1.165, 1.54) is 45.0 Å². The lowest BCUT2D eigenvalue weighted by molar-refractivity contribution is 0.360. The molecule has 0 saturated heterocycles. The van der Waals surface area contributed by atoms with Gasteiger partial charge in [0.25, 0.3) is 0 Å². The molecule has 0 aliphatic heterocycles. The Bertz CT molecular complexity index is 1170. The summed E-state index contributed by atoms with van der Waals surface area (Å²) in [7, 11) is 16.8. The van der Waals surface area contributed by atoms with Gasteiger partial charge in [-0.2, -0.15) is 0 Å². The number of benzene rings is 4. The summed E-state index contributed by atoms with van der Waals surface area (Å²) in [5, 5.41) is 0. The largest absolute Gasteiger partial charge is 0.378 e. The number of rotatable bonds is 9. The van der Waals surface area contributed by atoms with Gasteiger partial charge in [-0.3, -0.25) is 0 Å². The van der Waals surface area contributed by atoms with Crippen LogP contribution in [0, 0.1) is 0 Å². The summed E-state index contributed by atoms with van der Waals surface area (Å²) < 4.78 is 0. The molecule has 0 heterocycles. The molecule has 4 aromatic rings. The fraction of sp³-hybridized carbons (Fsp3) is 0.333. The number of nitrogens with zero attached hydrogens (tertiary/aromatic N) is 4.